The number of rotatable bonds is 9. The summed E-state index contributed by atoms with van der Waals surface area (Å²) in [6.07, 6.45) is 14.4. The first-order chi connectivity index (χ1) is 17.6. The van der Waals surface area contributed by atoms with Gasteiger partial charge in [-0.2, -0.15) is 0 Å². The second-order valence-electron chi connectivity index (χ2n) is 9.62. The fourth-order valence-electron chi connectivity index (χ4n) is 4.58. The fourth-order valence-corrected chi connectivity index (χ4v) is 5.32. The third kappa shape index (κ3) is 4.62. The molecule has 1 aliphatic heterocycles. The van der Waals surface area contributed by atoms with Gasteiger partial charge in [0.2, 0.25) is 0 Å². The van der Waals surface area contributed by atoms with E-state index in [-0.39, 0.29) is 11.6 Å². The predicted molar refractivity (Wildman–Crippen MR) is 140 cm³/mol. The summed E-state index contributed by atoms with van der Waals surface area (Å²) in [5, 5.41) is 13.7. The molecule has 0 bridgehead atoms. The van der Waals surface area contributed by atoms with E-state index in [0.717, 1.165) is 53.9 Å². The van der Waals surface area contributed by atoms with Crippen LogP contribution in [0.4, 0.5) is 5.82 Å². The molecule has 2 saturated carbocycles. The summed E-state index contributed by atoms with van der Waals surface area (Å²) < 4.78 is 4.06. The number of likely N-dealkylation sites (tertiary alicyclic amines) is 1. The number of hydrogen-bond donors (Lipinski definition) is 1. The number of amides is 1. The van der Waals surface area contributed by atoms with Crippen LogP contribution in [0.15, 0.2) is 46.7 Å². The Hall–Kier alpha value is -3.60. The third-order valence-electron chi connectivity index (χ3n) is 6.95. The van der Waals surface area contributed by atoms with Crippen molar-refractivity contribution in [3.05, 3.63) is 47.4 Å². The van der Waals surface area contributed by atoms with Crippen LogP contribution in [0.25, 0.3) is 16.5 Å². The molecule has 3 fully saturated rings. The Morgan fingerprint density at radius 3 is 2.75 bits per heavy atom. The van der Waals surface area contributed by atoms with E-state index in [2.05, 4.69) is 59.8 Å². The maximum Gasteiger partial charge on any atom is 0.275 e. The number of anilines is 1. The summed E-state index contributed by atoms with van der Waals surface area (Å²) in [6, 6.07) is 0.448. The maximum atomic E-state index is 13.2. The number of nitrogens with zero attached hydrogens (tertiary/aromatic N) is 8. The standard InChI is InChI=1S/C25H29N9OS/c1-16(32-9-3-4-10-32)21(33-12-20(27-14-33)17-5-6-17)11-19(26-2)24(35)29-22-13-36-25(30-22)23-31-28-15-34(23)18-7-8-18/h11-15,17-18H,2-10H2,1H3,(H,29,35)/b19-11-,21-16-. The summed E-state index contributed by atoms with van der Waals surface area (Å²) in [5.74, 6) is 1.38. The molecule has 0 unspecified atom stereocenters. The molecule has 186 valence electrons. The lowest BCUT2D eigenvalue weighted by atomic mass is 10.2. The highest BCUT2D eigenvalue weighted by molar-refractivity contribution is 7.13. The zero-order valence-electron chi connectivity index (χ0n) is 20.3. The minimum atomic E-state index is -0.361. The zero-order chi connectivity index (χ0) is 24.6. The van der Waals surface area contributed by atoms with Crippen molar-refractivity contribution < 1.29 is 4.79 Å². The van der Waals surface area contributed by atoms with Crippen LogP contribution >= 0.6 is 11.3 Å². The first-order valence-corrected chi connectivity index (χ1v) is 13.3. The van der Waals surface area contributed by atoms with Crippen LogP contribution in [-0.4, -0.2) is 59.9 Å². The minimum Gasteiger partial charge on any atom is -0.373 e. The molecule has 3 aromatic heterocycles. The summed E-state index contributed by atoms with van der Waals surface area (Å²) in [4.78, 5) is 28.8. The van der Waals surface area contributed by atoms with Crippen molar-refractivity contribution in [3.63, 3.8) is 0 Å². The monoisotopic (exact) mass is 503 g/mol. The average Bonchev–Trinajstić information content (AvgIpc) is 3.61. The third-order valence-corrected chi connectivity index (χ3v) is 7.79. The van der Waals surface area contributed by atoms with Crippen LogP contribution in [0.1, 0.15) is 63.1 Å². The number of thiazole rings is 1. The molecule has 0 aromatic carbocycles. The molecule has 11 heteroatoms. The Labute approximate surface area is 213 Å². The molecule has 10 nitrogen and oxygen atoms in total. The van der Waals surface area contributed by atoms with Crippen LogP contribution in [-0.2, 0) is 4.79 Å². The van der Waals surface area contributed by atoms with E-state index in [4.69, 9.17) is 0 Å². The van der Waals surface area contributed by atoms with Gasteiger partial charge in [0, 0.05) is 42.3 Å². The van der Waals surface area contributed by atoms with Gasteiger partial charge in [-0.05, 0) is 58.2 Å². The lowest BCUT2D eigenvalue weighted by molar-refractivity contribution is -0.112. The van der Waals surface area contributed by atoms with Gasteiger partial charge in [0.15, 0.2) is 10.8 Å². The van der Waals surface area contributed by atoms with E-state index >= 15 is 0 Å². The quantitative estimate of drug-likeness (QED) is 0.265. The van der Waals surface area contributed by atoms with Gasteiger partial charge in [-0.1, -0.05) is 0 Å². The van der Waals surface area contributed by atoms with Gasteiger partial charge in [-0.25, -0.2) is 9.97 Å². The number of allylic oxidation sites excluding steroid dienone is 3. The van der Waals surface area contributed by atoms with E-state index < -0.39 is 0 Å². The van der Waals surface area contributed by atoms with Gasteiger partial charge in [0.1, 0.15) is 17.8 Å². The van der Waals surface area contributed by atoms with Crippen LogP contribution in [0, 0.1) is 0 Å². The number of carbonyl (C=O) groups is 1. The van der Waals surface area contributed by atoms with Gasteiger partial charge in [-0.15, -0.1) is 21.5 Å². The van der Waals surface area contributed by atoms with E-state index in [1.54, 1.807) is 12.4 Å². The van der Waals surface area contributed by atoms with E-state index in [9.17, 15) is 4.79 Å². The summed E-state index contributed by atoms with van der Waals surface area (Å²) in [7, 11) is 0. The lowest BCUT2D eigenvalue weighted by Gasteiger charge is -2.22. The molecular formula is C25H29N9OS. The SMILES string of the molecule is C=N/C(=C\C(=C(/C)N1CCCC1)n1cnc(C2CC2)c1)C(=O)Nc1csc(-c2nncn2C2CC2)n1. The Morgan fingerprint density at radius 1 is 1.22 bits per heavy atom. The number of hydrogen-bond acceptors (Lipinski definition) is 8. The summed E-state index contributed by atoms with van der Waals surface area (Å²) in [6.45, 7) is 7.77. The van der Waals surface area contributed by atoms with Crippen molar-refractivity contribution in [3.8, 4) is 10.8 Å². The van der Waals surface area contributed by atoms with E-state index in [0.29, 0.717) is 17.8 Å². The molecule has 0 spiro atoms. The van der Waals surface area contributed by atoms with E-state index in [1.165, 1.54) is 37.0 Å². The highest BCUT2D eigenvalue weighted by atomic mass is 32.1. The Morgan fingerprint density at radius 2 is 2.03 bits per heavy atom. The highest BCUT2D eigenvalue weighted by Crippen LogP contribution is 2.40. The molecule has 3 aliphatic rings. The zero-order valence-corrected chi connectivity index (χ0v) is 21.1. The molecule has 3 aromatic rings. The van der Waals surface area contributed by atoms with Gasteiger partial charge < -0.3 is 19.4 Å². The van der Waals surface area contributed by atoms with Crippen molar-refractivity contribution in [2.45, 2.75) is 57.4 Å². The fraction of sp³-hybridized carbons (Fsp3) is 0.440. The molecule has 0 atom stereocenters. The minimum absolute atomic E-state index is 0.223. The largest absolute Gasteiger partial charge is 0.373 e. The molecule has 1 saturated heterocycles. The first-order valence-electron chi connectivity index (χ1n) is 12.5. The molecule has 2 aliphatic carbocycles. The number of nitrogens with one attached hydrogen (secondary N) is 1. The molecular weight excluding hydrogens is 474 g/mol. The van der Waals surface area contributed by atoms with Crippen molar-refractivity contribution in [1.82, 2.24) is 34.2 Å². The molecule has 6 rings (SSSR count). The van der Waals surface area contributed by atoms with Crippen LogP contribution in [0.5, 0.6) is 0 Å². The van der Waals surface area contributed by atoms with Gasteiger partial charge in [0.25, 0.3) is 5.91 Å². The second-order valence-corrected chi connectivity index (χ2v) is 10.5. The Balaban J connectivity index is 1.26. The Bertz CT molecular complexity index is 1350. The summed E-state index contributed by atoms with van der Waals surface area (Å²) in [5.41, 5.74) is 3.30. The molecule has 1 N–H and O–H groups in total. The van der Waals surface area contributed by atoms with Gasteiger partial charge in [0.05, 0.1) is 17.7 Å². The molecule has 0 radical (unpaired) electrons. The second kappa shape index (κ2) is 9.45. The van der Waals surface area contributed by atoms with Crippen LogP contribution < -0.4 is 5.32 Å². The molecule has 36 heavy (non-hydrogen) atoms. The average molecular weight is 504 g/mol. The summed E-state index contributed by atoms with van der Waals surface area (Å²) >= 11 is 1.43. The van der Waals surface area contributed by atoms with Crippen molar-refractivity contribution in [2.24, 2.45) is 4.99 Å². The molecule has 4 heterocycles. The predicted octanol–water partition coefficient (Wildman–Crippen LogP) is 4.32. The van der Waals surface area contributed by atoms with Gasteiger partial charge in [-0.3, -0.25) is 9.79 Å². The number of aromatic nitrogens is 6. The highest BCUT2D eigenvalue weighted by Gasteiger charge is 2.28. The number of aliphatic imine (C=N–C) groups is 1. The first kappa shape index (κ1) is 22.8. The topological polar surface area (TPSA) is 106 Å². The van der Waals surface area contributed by atoms with E-state index in [1.807, 2.05) is 16.3 Å². The normalized spacial score (nSPS) is 18.9. The Kier molecular flexibility index (Phi) is 6.00. The van der Waals surface area contributed by atoms with Crippen LogP contribution in [0.3, 0.4) is 0 Å². The van der Waals surface area contributed by atoms with Crippen molar-refractivity contribution in [2.75, 3.05) is 18.4 Å². The molecule has 1 amide bonds. The van der Waals surface area contributed by atoms with Crippen molar-refractivity contribution >= 4 is 35.5 Å². The number of carbonyl (C=O) groups excluding carboxylic acids is 1. The van der Waals surface area contributed by atoms with Crippen molar-refractivity contribution in [1.29, 1.82) is 0 Å². The number of imidazole rings is 1. The smallest absolute Gasteiger partial charge is 0.275 e. The maximum absolute atomic E-state index is 13.2. The lowest BCUT2D eigenvalue weighted by Crippen LogP contribution is -2.20. The van der Waals surface area contributed by atoms with Gasteiger partial charge >= 0.3 is 0 Å². The van der Waals surface area contributed by atoms with Crippen LogP contribution in [0.2, 0.25) is 0 Å².